The summed E-state index contributed by atoms with van der Waals surface area (Å²) in [5.74, 6) is 1.62. The molecule has 1 fully saturated rings. The molecule has 0 amide bonds. The molecule has 1 atom stereocenters. The lowest BCUT2D eigenvalue weighted by atomic mass is 10.2. The molecule has 1 unspecified atom stereocenters. The number of nitrogens with two attached hydrogens (primary N) is 1. The molecule has 1 aromatic carbocycles. The zero-order valence-corrected chi connectivity index (χ0v) is 19.1. The Labute approximate surface area is 170 Å². The van der Waals surface area contributed by atoms with Gasteiger partial charge in [0.2, 0.25) is 0 Å². The van der Waals surface area contributed by atoms with Crippen LogP contribution in [-0.4, -0.2) is 53.7 Å². The Bertz CT molecular complexity index is 584. The predicted octanol–water partition coefficient (Wildman–Crippen LogP) is 3.29. The number of nitrogens with zero attached hydrogens (tertiary/aromatic N) is 3. The van der Waals surface area contributed by atoms with E-state index in [1.165, 1.54) is 24.0 Å². The minimum Gasteiger partial charge on any atom is -0.378 e. The Morgan fingerprint density at radius 1 is 1.23 bits per heavy atom. The van der Waals surface area contributed by atoms with Crippen molar-refractivity contribution >= 4 is 55.5 Å². The van der Waals surface area contributed by atoms with Crippen LogP contribution in [0.25, 0.3) is 0 Å². The molecule has 1 aromatic rings. The highest BCUT2D eigenvalue weighted by Crippen LogP contribution is 2.20. The molecule has 1 aliphatic rings. The maximum Gasteiger partial charge on any atom is 0.199 e. The second-order valence-electron chi connectivity index (χ2n) is 6.54. The predicted molar refractivity (Wildman–Crippen MR) is 127 cm³/mol. The van der Waals surface area contributed by atoms with Crippen molar-refractivity contribution < 1.29 is 0 Å². The first-order valence-electron chi connectivity index (χ1n) is 8.83. The van der Waals surface area contributed by atoms with Crippen LogP contribution in [0.4, 0.5) is 11.4 Å². The maximum absolute atomic E-state index is 5.78. The fourth-order valence-corrected chi connectivity index (χ4v) is 3.62. The van der Waals surface area contributed by atoms with E-state index in [1.807, 2.05) is 19.1 Å². The fourth-order valence-electron chi connectivity index (χ4n) is 2.89. The van der Waals surface area contributed by atoms with Gasteiger partial charge in [0.05, 0.1) is 0 Å². The van der Waals surface area contributed by atoms with Crippen molar-refractivity contribution in [1.29, 1.82) is 0 Å². The summed E-state index contributed by atoms with van der Waals surface area (Å²) in [5.41, 5.74) is 7.97. The van der Waals surface area contributed by atoms with E-state index < -0.39 is 0 Å². The number of nitrogens with one attached hydrogen (secondary N) is 1. The Kier molecular flexibility index (Phi) is 10.5. The number of thioether (sulfide) groups is 1. The Hall–Kier alpha value is -0.880. The van der Waals surface area contributed by atoms with Crippen LogP contribution in [0.5, 0.6) is 0 Å². The molecule has 5 nitrogen and oxygen atoms in total. The van der Waals surface area contributed by atoms with E-state index in [2.05, 4.69) is 46.1 Å². The van der Waals surface area contributed by atoms with E-state index >= 15 is 0 Å². The molecule has 0 saturated carbocycles. The molecular formula is C18H32N5PS2. The zero-order valence-electron chi connectivity index (χ0n) is 16.1. The monoisotopic (exact) mass is 413 g/mol. The average molecular weight is 414 g/mol. The number of rotatable bonds is 5. The van der Waals surface area contributed by atoms with Gasteiger partial charge >= 0.3 is 0 Å². The molecule has 0 aromatic heterocycles. The Morgan fingerprint density at radius 2 is 1.85 bits per heavy atom. The number of anilines is 2. The standard InChI is InChI=1S/C18H29N5S2.H3P/c1-4-25-17(19)21-18(24)20-15-5-7-16(8-6-15)23-11-9-22(10-12-23)13-14(2)3;/h5-8,14H,4,9-13H2,1-3H3,(H3,19,20,21,24);1H3. The number of piperazine rings is 1. The highest BCUT2D eigenvalue weighted by Gasteiger charge is 2.17. The summed E-state index contributed by atoms with van der Waals surface area (Å²) in [6.45, 7) is 12.2. The van der Waals surface area contributed by atoms with Gasteiger partial charge < -0.3 is 16.0 Å². The Balaban J connectivity index is 0.00000338. The average Bonchev–Trinajstić information content (AvgIpc) is 2.56. The van der Waals surface area contributed by atoms with Crippen molar-refractivity contribution in [3.05, 3.63) is 24.3 Å². The molecule has 0 spiro atoms. The van der Waals surface area contributed by atoms with Crippen LogP contribution in [0.1, 0.15) is 20.8 Å². The largest absolute Gasteiger partial charge is 0.378 e. The summed E-state index contributed by atoms with van der Waals surface area (Å²) < 4.78 is 0. The topological polar surface area (TPSA) is 56.9 Å². The first-order valence-corrected chi connectivity index (χ1v) is 10.2. The molecule has 0 bridgehead atoms. The van der Waals surface area contributed by atoms with Crippen LogP contribution in [0, 0.1) is 5.92 Å². The molecule has 0 aliphatic carbocycles. The van der Waals surface area contributed by atoms with Crippen molar-refractivity contribution in [2.24, 2.45) is 16.6 Å². The van der Waals surface area contributed by atoms with Crippen molar-refractivity contribution in [1.82, 2.24) is 4.90 Å². The number of hydrogen-bond donors (Lipinski definition) is 2. The van der Waals surface area contributed by atoms with Crippen molar-refractivity contribution in [3.63, 3.8) is 0 Å². The van der Waals surface area contributed by atoms with Crippen LogP contribution in [0.15, 0.2) is 29.3 Å². The van der Waals surface area contributed by atoms with E-state index in [1.54, 1.807) is 0 Å². The summed E-state index contributed by atoms with van der Waals surface area (Å²) in [6.07, 6.45) is 0. The van der Waals surface area contributed by atoms with E-state index in [0.717, 1.165) is 43.5 Å². The molecule has 3 N–H and O–H groups in total. The molecule has 26 heavy (non-hydrogen) atoms. The van der Waals surface area contributed by atoms with E-state index in [9.17, 15) is 0 Å². The van der Waals surface area contributed by atoms with Gasteiger partial charge in [-0.3, -0.25) is 4.90 Å². The lowest BCUT2D eigenvalue weighted by Crippen LogP contribution is -2.47. The van der Waals surface area contributed by atoms with E-state index in [-0.39, 0.29) is 9.90 Å². The normalized spacial score (nSPS) is 15.7. The summed E-state index contributed by atoms with van der Waals surface area (Å²) in [5, 5.41) is 4.01. The van der Waals surface area contributed by atoms with Gasteiger partial charge in [0, 0.05) is 44.1 Å². The van der Waals surface area contributed by atoms with Crippen LogP contribution >= 0.6 is 33.9 Å². The van der Waals surface area contributed by atoms with Crippen molar-refractivity contribution in [2.75, 3.05) is 48.7 Å². The zero-order chi connectivity index (χ0) is 18.2. The number of thiocarbonyl (C=S) groups is 1. The number of aliphatic imine (C=N–C) groups is 1. The van der Waals surface area contributed by atoms with E-state index in [4.69, 9.17) is 18.0 Å². The third-order valence-corrected chi connectivity index (χ3v) is 4.85. The first-order chi connectivity index (χ1) is 12.0. The van der Waals surface area contributed by atoms with Gasteiger partial charge in [0.15, 0.2) is 10.3 Å². The van der Waals surface area contributed by atoms with Crippen LogP contribution in [-0.2, 0) is 0 Å². The van der Waals surface area contributed by atoms with Crippen molar-refractivity contribution in [2.45, 2.75) is 20.8 Å². The highest BCUT2D eigenvalue weighted by molar-refractivity contribution is 8.13. The van der Waals surface area contributed by atoms with Gasteiger partial charge in [-0.05, 0) is 48.2 Å². The first kappa shape index (κ1) is 23.2. The van der Waals surface area contributed by atoms with Gasteiger partial charge in [0.25, 0.3) is 0 Å². The molecule has 1 heterocycles. The minimum atomic E-state index is 0. The summed E-state index contributed by atoms with van der Waals surface area (Å²) in [7, 11) is 0. The molecule has 8 heteroatoms. The second-order valence-corrected chi connectivity index (χ2v) is 8.21. The Morgan fingerprint density at radius 3 is 2.38 bits per heavy atom. The van der Waals surface area contributed by atoms with Crippen LogP contribution in [0.2, 0.25) is 0 Å². The van der Waals surface area contributed by atoms with Gasteiger partial charge in [0.1, 0.15) is 0 Å². The second kappa shape index (κ2) is 11.8. The molecule has 0 radical (unpaired) electrons. The summed E-state index contributed by atoms with van der Waals surface area (Å²) in [4.78, 5) is 9.15. The third-order valence-electron chi connectivity index (χ3n) is 3.98. The fraction of sp³-hybridized carbons (Fsp3) is 0.556. The highest BCUT2D eigenvalue weighted by atomic mass is 32.2. The number of amidine groups is 1. The minimum absolute atomic E-state index is 0. The lowest BCUT2D eigenvalue weighted by Gasteiger charge is -2.36. The van der Waals surface area contributed by atoms with Crippen LogP contribution in [0.3, 0.4) is 0 Å². The van der Waals surface area contributed by atoms with E-state index in [0.29, 0.717) is 10.3 Å². The van der Waals surface area contributed by atoms with Gasteiger partial charge in [-0.1, -0.05) is 32.5 Å². The third kappa shape index (κ3) is 7.78. The quantitative estimate of drug-likeness (QED) is 0.334. The summed E-state index contributed by atoms with van der Waals surface area (Å²) in [6, 6.07) is 8.36. The van der Waals surface area contributed by atoms with Gasteiger partial charge in [-0.15, -0.1) is 0 Å². The number of benzene rings is 1. The van der Waals surface area contributed by atoms with Gasteiger partial charge in [-0.2, -0.15) is 14.9 Å². The molecule has 2 rings (SSSR count). The molecular weight excluding hydrogens is 381 g/mol. The molecule has 146 valence electrons. The SMILES string of the molecule is CCSC(N)=NC(=S)Nc1ccc(N2CCN(CC(C)C)CC2)cc1.P. The summed E-state index contributed by atoms with van der Waals surface area (Å²) >= 11 is 6.71. The smallest absolute Gasteiger partial charge is 0.199 e. The molecule has 1 saturated heterocycles. The number of hydrogen-bond acceptors (Lipinski definition) is 4. The molecule has 1 aliphatic heterocycles. The van der Waals surface area contributed by atoms with Crippen LogP contribution < -0.4 is 16.0 Å². The lowest BCUT2D eigenvalue weighted by molar-refractivity contribution is 0.231. The maximum atomic E-state index is 5.78. The van der Waals surface area contributed by atoms with Gasteiger partial charge in [-0.25, -0.2) is 0 Å². The van der Waals surface area contributed by atoms with Crippen molar-refractivity contribution in [3.8, 4) is 0 Å².